The van der Waals surface area contributed by atoms with Gasteiger partial charge in [0.05, 0.1) is 10.9 Å². The summed E-state index contributed by atoms with van der Waals surface area (Å²) >= 11 is 0. The zero-order valence-corrected chi connectivity index (χ0v) is 24.5. The Bertz CT molecular complexity index is 1780. The van der Waals surface area contributed by atoms with Gasteiger partial charge in [0.2, 0.25) is 5.69 Å². The fourth-order valence-corrected chi connectivity index (χ4v) is 6.47. The van der Waals surface area contributed by atoms with Crippen molar-refractivity contribution < 1.29 is 9.30 Å². The molecule has 0 unspecified atom stereocenters. The lowest BCUT2D eigenvalue weighted by Crippen LogP contribution is -2.32. The van der Waals surface area contributed by atoms with E-state index >= 15 is 0 Å². The van der Waals surface area contributed by atoms with Gasteiger partial charge >= 0.3 is 0 Å². The van der Waals surface area contributed by atoms with E-state index in [9.17, 15) is 0 Å². The van der Waals surface area contributed by atoms with Crippen LogP contribution < -0.4 is 9.30 Å². The molecule has 0 saturated heterocycles. The van der Waals surface area contributed by atoms with Crippen molar-refractivity contribution in [3.05, 3.63) is 77.0 Å². The summed E-state index contributed by atoms with van der Waals surface area (Å²) < 4.78 is 9.33. The highest BCUT2D eigenvalue weighted by atomic mass is 16.5. The monoisotopic (exact) mass is 502 g/mol. The molecule has 0 amide bonds. The highest BCUT2D eigenvalue weighted by Crippen LogP contribution is 2.52. The number of pyridine rings is 1. The van der Waals surface area contributed by atoms with Crippen LogP contribution in [-0.2, 0) is 19.9 Å². The van der Waals surface area contributed by atoms with Crippen molar-refractivity contribution in [2.75, 3.05) is 0 Å². The van der Waals surface area contributed by atoms with E-state index < -0.39 is 0 Å². The first-order valence-corrected chi connectivity index (χ1v) is 13.9. The van der Waals surface area contributed by atoms with Crippen molar-refractivity contribution in [1.29, 1.82) is 0 Å². The minimum Gasteiger partial charge on any atom is -0.455 e. The van der Waals surface area contributed by atoms with Crippen molar-refractivity contribution in [3.63, 3.8) is 0 Å². The van der Waals surface area contributed by atoms with E-state index in [4.69, 9.17) is 4.74 Å². The lowest BCUT2D eigenvalue weighted by atomic mass is 9.81. The van der Waals surface area contributed by atoms with Gasteiger partial charge in [0.15, 0.2) is 6.20 Å². The third-order valence-corrected chi connectivity index (χ3v) is 8.06. The Morgan fingerprint density at radius 3 is 2.13 bits per heavy atom. The largest absolute Gasteiger partial charge is 0.455 e. The molecule has 0 fully saturated rings. The van der Waals surface area contributed by atoms with Crippen LogP contribution in [0, 0.1) is 24.7 Å². The average molecular weight is 503 g/mol. The van der Waals surface area contributed by atoms with E-state index in [0.717, 1.165) is 24.3 Å². The normalized spacial score (nSPS) is 13.3. The van der Waals surface area contributed by atoms with E-state index in [2.05, 4.69) is 122 Å². The van der Waals surface area contributed by atoms with E-state index in [1.807, 2.05) is 0 Å². The minimum atomic E-state index is 0.131. The van der Waals surface area contributed by atoms with Crippen LogP contribution in [0.2, 0.25) is 0 Å². The molecule has 0 N–H and O–H groups in total. The molecule has 6 rings (SSSR count). The van der Waals surface area contributed by atoms with E-state index in [0.29, 0.717) is 0 Å². The molecule has 1 aliphatic rings. The molecule has 4 aromatic carbocycles. The second-order valence-electron chi connectivity index (χ2n) is 13.9. The number of hydrogen-bond acceptors (Lipinski definition) is 1. The number of nitrogens with zero attached hydrogens (tertiary/aromatic N) is 1. The van der Waals surface area contributed by atoms with Gasteiger partial charge in [-0.15, -0.1) is 0 Å². The summed E-state index contributed by atoms with van der Waals surface area (Å²) in [5.74, 6) is 2.01. The molecule has 0 spiro atoms. The maximum Gasteiger partial charge on any atom is 0.228 e. The summed E-state index contributed by atoms with van der Waals surface area (Å²) in [7, 11) is 2.17. The van der Waals surface area contributed by atoms with Crippen LogP contribution in [-0.4, -0.2) is 0 Å². The van der Waals surface area contributed by atoms with Gasteiger partial charge < -0.3 is 4.74 Å². The van der Waals surface area contributed by atoms with E-state index in [1.165, 1.54) is 65.8 Å². The highest BCUT2D eigenvalue weighted by molar-refractivity contribution is 6.16. The summed E-state index contributed by atoms with van der Waals surface area (Å²) in [6.45, 7) is 18.4. The molecule has 1 aromatic heterocycles. The SMILES string of the molecule is Cc1cc2c(cc1CC(C)(C)C)cc1c3c([n+](C)ccc32)-c2c(c(CC(C)(C)C)c3ccccc3c2C)O1. The predicted molar refractivity (Wildman–Crippen MR) is 161 cm³/mol. The standard InChI is InChI=1S/C36H40NO/c1-21-16-28-23(17-24(21)19-35(3,4)5)18-30-32-27(28)14-15-37(9)33(32)31-22(2)25-12-10-11-13-26(25)29(34(31)38-30)20-36(6,7)8/h10-18H,19-20H2,1-9H3/q+1. The van der Waals surface area contributed by atoms with Gasteiger partial charge in [0.25, 0.3) is 0 Å². The lowest BCUT2D eigenvalue weighted by Gasteiger charge is -2.28. The molecular formula is C36H40NO+. The number of aryl methyl sites for hydroxylation is 3. The van der Waals surface area contributed by atoms with Gasteiger partial charge in [0.1, 0.15) is 18.5 Å². The predicted octanol–water partition coefficient (Wildman–Crippen LogP) is 9.54. The molecular weight excluding hydrogens is 462 g/mol. The second kappa shape index (κ2) is 8.30. The number of ether oxygens (including phenoxy) is 1. The van der Waals surface area contributed by atoms with Crippen LogP contribution in [0.5, 0.6) is 11.5 Å². The minimum absolute atomic E-state index is 0.131. The van der Waals surface area contributed by atoms with Crippen LogP contribution in [0.3, 0.4) is 0 Å². The molecule has 0 aliphatic carbocycles. The Kier molecular flexibility index (Phi) is 5.44. The van der Waals surface area contributed by atoms with Crippen LogP contribution in [0.4, 0.5) is 0 Å². The summed E-state index contributed by atoms with van der Waals surface area (Å²) in [6, 6.07) is 18.2. The highest BCUT2D eigenvalue weighted by Gasteiger charge is 2.34. The molecule has 38 heavy (non-hydrogen) atoms. The van der Waals surface area contributed by atoms with Gasteiger partial charge in [-0.25, -0.2) is 4.57 Å². The van der Waals surface area contributed by atoms with Gasteiger partial charge in [-0.3, -0.25) is 0 Å². The summed E-state index contributed by atoms with van der Waals surface area (Å²) in [5, 5.41) is 7.68. The first kappa shape index (κ1) is 24.9. The fourth-order valence-electron chi connectivity index (χ4n) is 6.47. The van der Waals surface area contributed by atoms with Gasteiger partial charge in [-0.2, -0.15) is 0 Å². The van der Waals surface area contributed by atoms with Crippen LogP contribution in [0.15, 0.2) is 54.7 Å². The lowest BCUT2D eigenvalue weighted by molar-refractivity contribution is -0.659. The zero-order chi connectivity index (χ0) is 27.1. The van der Waals surface area contributed by atoms with Crippen LogP contribution in [0.1, 0.15) is 63.8 Å². The topological polar surface area (TPSA) is 13.1 Å². The summed E-state index contributed by atoms with van der Waals surface area (Å²) in [6.07, 6.45) is 4.24. The quantitative estimate of drug-likeness (QED) is 0.170. The first-order valence-electron chi connectivity index (χ1n) is 13.9. The smallest absolute Gasteiger partial charge is 0.228 e. The first-order chi connectivity index (χ1) is 17.8. The molecule has 2 nitrogen and oxygen atoms in total. The van der Waals surface area contributed by atoms with E-state index in [-0.39, 0.29) is 10.8 Å². The molecule has 2 heteroatoms. The number of fused-ring (bicyclic) bond motifs is 5. The molecule has 0 bridgehead atoms. The van der Waals surface area contributed by atoms with Crippen molar-refractivity contribution >= 4 is 32.3 Å². The van der Waals surface area contributed by atoms with Gasteiger partial charge in [-0.1, -0.05) is 77.9 Å². The van der Waals surface area contributed by atoms with Crippen molar-refractivity contribution in [1.82, 2.24) is 0 Å². The molecule has 0 atom stereocenters. The molecule has 0 radical (unpaired) electrons. The summed E-state index contributed by atoms with van der Waals surface area (Å²) in [5.41, 5.74) is 8.26. The Hall–Kier alpha value is -3.39. The number of rotatable bonds is 2. The summed E-state index contributed by atoms with van der Waals surface area (Å²) in [4.78, 5) is 0. The third kappa shape index (κ3) is 3.97. The van der Waals surface area contributed by atoms with Gasteiger partial charge in [0, 0.05) is 17.0 Å². The van der Waals surface area contributed by atoms with Crippen LogP contribution in [0.25, 0.3) is 43.6 Å². The van der Waals surface area contributed by atoms with Crippen molar-refractivity contribution in [3.8, 4) is 22.8 Å². The van der Waals surface area contributed by atoms with Crippen molar-refractivity contribution in [2.24, 2.45) is 17.9 Å². The second-order valence-corrected chi connectivity index (χ2v) is 13.9. The van der Waals surface area contributed by atoms with Crippen LogP contribution >= 0.6 is 0 Å². The zero-order valence-electron chi connectivity index (χ0n) is 24.5. The number of benzene rings is 4. The van der Waals surface area contributed by atoms with Crippen molar-refractivity contribution in [2.45, 2.75) is 68.2 Å². The fraction of sp³-hybridized carbons (Fsp3) is 0.361. The Balaban J connectivity index is 1.73. The molecule has 5 aromatic rings. The van der Waals surface area contributed by atoms with Gasteiger partial charge in [-0.05, 0) is 81.8 Å². The Morgan fingerprint density at radius 2 is 1.45 bits per heavy atom. The number of aromatic nitrogens is 1. The molecule has 0 saturated carbocycles. The maximum atomic E-state index is 7.04. The average Bonchev–Trinajstić information content (AvgIpc) is 2.82. The molecule has 2 heterocycles. The maximum absolute atomic E-state index is 7.04. The van der Waals surface area contributed by atoms with E-state index in [1.54, 1.807) is 0 Å². The molecule has 194 valence electrons. The Morgan fingerprint density at radius 1 is 0.763 bits per heavy atom. The Labute approximate surface area is 227 Å². The number of hydrogen-bond donors (Lipinski definition) is 0. The molecule has 1 aliphatic heterocycles. The third-order valence-electron chi connectivity index (χ3n) is 8.06.